The van der Waals surface area contributed by atoms with E-state index in [1.54, 1.807) is 23.6 Å². The Morgan fingerprint density at radius 3 is 2.60 bits per heavy atom. The van der Waals surface area contributed by atoms with E-state index in [1.807, 2.05) is 35.2 Å². The van der Waals surface area contributed by atoms with E-state index >= 15 is 0 Å². The number of hydrogen-bond acceptors (Lipinski definition) is 4. The van der Waals surface area contributed by atoms with Crippen LogP contribution in [0, 0.1) is 0 Å². The van der Waals surface area contributed by atoms with Crippen molar-refractivity contribution < 1.29 is 9.59 Å². The van der Waals surface area contributed by atoms with Crippen molar-refractivity contribution in [2.45, 2.75) is 25.7 Å². The van der Waals surface area contributed by atoms with E-state index in [4.69, 9.17) is 11.6 Å². The number of carbonyl (C=O) groups is 2. The SMILES string of the molecule is O=C(Nc1cc(Cl)ccc1C(=O)N1CCCCC1)c1csc(Cc2ccccc2)n1. The van der Waals surface area contributed by atoms with Crippen LogP contribution in [-0.2, 0) is 6.42 Å². The Kier molecular flexibility index (Phi) is 6.45. The van der Waals surface area contributed by atoms with Crippen molar-refractivity contribution >= 4 is 40.4 Å². The molecule has 5 nitrogen and oxygen atoms in total. The number of piperidine rings is 1. The summed E-state index contributed by atoms with van der Waals surface area (Å²) in [7, 11) is 0. The van der Waals surface area contributed by atoms with Gasteiger partial charge in [0.1, 0.15) is 5.69 Å². The molecule has 2 aromatic carbocycles. The van der Waals surface area contributed by atoms with Gasteiger partial charge in [0.15, 0.2) is 0 Å². The average Bonchev–Trinajstić information content (AvgIpc) is 3.23. The van der Waals surface area contributed by atoms with Gasteiger partial charge < -0.3 is 10.2 Å². The molecule has 4 rings (SSSR count). The number of amides is 2. The maximum Gasteiger partial charge on any atom is 0.275 e. The number of halogens is 1. The van der Waals surface area contributed by atoms with Gasteiger partial charge in [-0.05, 0) is 43.0 Å². The van der Waals surface area contributed by atoms with Crippen molar-refractivity contribution in [3.8, 4) is 0 Å². The van der Waals surface area contributed by atoms with Gasteiger partial charge in [0.25, 0.3) is 11.8 Å². The maximum absolute atomic E-state index is 13.0. The molecule has 2 amide bonds. The van der Waals surface area contributed by atoms with Crippen LogP contribution in [0.2, 0.25) is 5.02 Å². The quantitative estimate of drug-likeness (QED) is 0.589. The third-order valence-electron chi connectivity index (χ3n) is 5.09. The molecule has 2 heterocycles. The van der Waals surface area contributed by atoms with Crippen molar-refractivity contribution in [2.75, 3.05) is 18.4 Å². The molecule has 0 unspecified atom stereocenters. The molecule has 1 fully saturated rings. The van der Waals surface area contributed by atoms with Gasteiger partial charge in [-0.2, -0.15) is 0 Å². The lowest BCUT2D eigenvalue weighted by molar-refractivity contribution is 0.0725. The normalized spacial score (nSPS) is 13.8. The summed E-state index contributed by atoms with van der Waals surface area (Å²) < 4.78 is 0. The van der Waals surface area contributed by atoms with Gasteiger partial charge in [0, 0.05) is 29.9 Å². The third-order valence-corrected chi connectivity index (χ3v) is 6.17. The van der Waals surface area contributed by atoms with Gasteiger partial charge in [-0.15, -0.1) is 11.3 Å². The van der Waals surface area contributed by atoms with E-state index in [1.165, 1.54) is 11.3 Å². The van der Waals surface area contributed by atoms with Crippen LogP contribution in [0.5, 0.6) is 0 Å². The summed E-state index contributed by atoms with van der Waals surface area (Å²) in [4.78, 5) is 32.1. The maximum atomic E-state index is 13.0. The minimum atomic E-state index is -0.347. The minimum Gasteiger partial charge on any atom is -0.339 e. The molecule has 0 aliphatic carbocycles. The zero-order chi connectivity index (χ0) is 20.9. The Bertz CT molecular complexity index is 1050. The first kappa shape index (κ1) is 20.6. The lowest BCUT2D eigenvalue weighted by Crippen LogP contribution is -2.36. The second-order valence-electron chi connectivity index (χ2n) is 7.29. The van der Waals surface area contributed by atoms with Crippen LogP contribution in [0.25, 0.3) is 0 Å². The number of likely N-dealkylation sites (tertiary alicyclic amines) is 1. The van der Waals surface area contributed by atoms with E-state index in [-0.39, 0.29) is 11.8 Å². The molecule has 30 heavy (non-hydrogen) atoms. The number of nitrogens with zero attached hydrogens (tertiary/aromatic N) is 2. The van der Waals surface area contributed by atoms with Crippen LogP contribution in [0.3, 0.4) is 0 Å². The zero-order valence-corrected chi connectivity index (χ0v) is 18.0. The molecule has 0 radical (unpaired) electrons. The fourth-order valence-electron chi connectivity index (χ4n) is 3.53. The number of carbonyl (C=O) groups excluding carboxylic acids is 2. The van der Waals surface area contributed by atoms with Crippen LogP contribution in [0.1, 0.15) is 50.7 Å². The highest BCUT2D eigenvalue weighted by molar-refractivity contribution is 7.09. The van der Waals surface area contributed by atoms with Crippen LogP contribution in [-0.4, -0.2) is 34.8 Å². The molecule has 1 saturated heterocycles. The third kappa shape index (κ3) is 4.89. The fourth-order valence-corrected chi connectivity index (χ4v) is 4.51. The van der Waals surface area contributed by atoms with Gasteiger partial charge in [-0.1, -0.05) is 41.9 Å². The number of hydrogen-bond donors (Lipinski definition) is 1. The first-order valence-electron chi connectivity index (χ1n) is 9.98. The summed E-state index contributed by atoms with van der Waals surface area (Å²) >= 11 is 7.59. The summed E-state index contributed by atoms with van der Waals surface area (Å²) in [5.74, 6) is -0.426. The van der Waals surface area contributed by atoms with E-state index in [0.717, 1.165) is 42.9 Å². The summed E-state index contributed by atoms with van der Waals surface area (Å²) in [6.45, 7) is 1.48. The standard InChI is InChI=1S/C23H22ClN3O2S/c24-17-9-10-18(23(29)27-11-5-2-6-12-27)19(14-17)26-22(28)20-15-30-21(25-20)13-16-7-3-1-4-8-16/h1,3-4,7-10,14-15H,2,5-6,11-13H2,(H,26,28). The van der Waals surface area contributed by atoms with Gasteiger partial charge >= 0.3 is 0 Å². The highest BCUT2D eigenvalue weighted by atomic mass is 35.5. The average molecular weight is 440 g/mol. The molecule has 0 bridgehead atoms. The fraction of sp³-hybridized carbons (Fsp3) is 0.261. The molecule has 7 heteroatoms. The number of rotatable bonds is 5. The number of aromatic nitrogens is 1. The largest absolute Gasteiger partial charge is 0.339 e. The van der Waals surface area contributed by atoms with Crippen LogP contribution in [0.4, 0.5) is 5.69 Å². The second kappa shape index (κ2) is 9.41. The molecule has 0 saturated carbocycles. The number of anilines is 1. The van der Waals surface area contributed by atoms with Crippen molar-refractivity contribution in [2.24, 2.45) is 0 Å². The van der Waals surface area contributed by atoms with Crippen molar-refractivity contribution in [1.29, 1.82) is 0 Å². The van der Waals surface area contributed by atoms with Crippen LogP contribution in [0.15, 0.2) is 53.9 Å². The Labute approximate surface area is 184 Å². The molecule has 3 aromatic rings. The second-order valence-corrected chi connectivity index (χ2v) is 8.66. The highest BCUT2D eigenvalue weighted by Gasteiger charge is 2.22. The predicted molar refractivity (Wildman–Crippen MR) is 121 cm³/mol. The van der Waals surface area contributed by atoms with E-state index in [9.17, 15) is 9.59 Å². The molecular formula is C23H22ClN3O2S. The monoisotopic (exact) mass is 439 g/mol. The lowest BCUT2D eigenvalue weighted by Gasteiger charge is -2.27. The summed E-state index contributed by atoms with van der Waals surface area (Å²) in [6.07, 6.45) is 3.83. The minimum absolute atomic E-state index is 0.0790. The molecule has 1 aliphatic rings. The first-order valence-corrected chi connectivity index (χ1v) is 11.2. The number of thiazole rings is 1. The molecule has 1 N–H and O–H groups in total. The highest BCUT2D eigenvalue weighted by Crippen LogP contribution is 2.25. The number of nitrogens with one attached hydrogen (secondary N) is 1. The Hall–Kier alpha value is -2.70. The molecular weight excluding hydrogens is 418 g/mol. The van der Waals surface area contributed by atoms with Gasteiger partial charge in [0.2, 0.25) is 0 Å². The van der Waals surface area contributed by atoms with Gasteiger partial charge in [-0.25, -0.2) is 4.98 Å². The van der Waals surface area contributed by atoms with E-state index in [0.29, 0.717) is 28.4 Å². The molecule has 0 spiro atoms. The predicted octanol–water partition coefficient (Wildman–Crippen LogP) is 5.27. The van der Waals surface area contributed by atoms with Crippen molar-refractivity contribution in [3.05, 3.63) is 80.8 Å². The molecule has 1 aromatic heterocycles. The summed E-state index contributed by atoms with van der Waals surface area (Å²) in [5, 5.41) is 5.90. The zero-order valence-electron chi connectivity index (χ0n) is 16.4. The smallest absolute Gasteiger partial charge is 0.275 e. The molecule has 0 atom stereocenters. The van der Waals surface area contributed by atoms with Crippen LogP contribution >= 0.6 is 22.9 Å². The Balaban J connectivity index is 1.50. The summed E-state index contributed by atoms with van der Waals surface area (Å²) in [5.41, 5.74) is 2.35. The van der Waals surface area contributed by atoms with Crippen molar-refractivity contribution in [3.63, 3.8) is 0 Å². The van der Waals surface area contributed by atoms with E-state index in [2.05, 4.69) is 10.3 Å². The molecule has 1 aliphatic heterocycles. The Morgan fingerprint density at radius 2 is 1.83 bits per heavy atom. The summed E-state index contributed by atoms with van der Waals surface area (Å²) in [6, 6.07) is 15.0. The molecule has 154 valence electrons. The lowest BCUT2D eigenvalue weighted by atomic mass is 10.1. The number of benzene rings is 2. The van der Waals surface area contributed by atoms with Crippen molar-refractivity contribution in [1.82, 2.24) is 9.88 Å². The van der Waals surface area contributed by atoms with Gasteiger partial charge in [0.05, 0.1) is 16.3 Å². The van der Waals surface area contributed by atoms with E-state index < -0.39 is 0 Å². The first-order chi connectivity index (χ1) is 14.6. The topological polar surface area (TPSA) is 62.3 Å². The van der Waals surface area contributed by atoms with Gasteiger partial charge in [-0.3, -0.25) is 9.59 Å². The van der Waals surface area contributed by atoms with Crippen LogP contribution < -0.4 is 5.32 Å². The Morgan fingerprint density at radius 1 is 1.07 bits per heavy atom.